The van der Waals surface area contributed by atoms with Gasteiger partial charge in [-0.05, 0) is 50.7 Å². The molecule has 2 rings (SSSR count). The summed E-state index contributed by atoms with van der Waals surface area (Å²) in [5.74, 6) is 0.912. The van der Waals surface area contributed by atoms with Gasteiger partial charge in [-0.1, -0.05) is 6.42 Å². The van der Waals surface area contributed by atoms with E-state index in [1.807, 2.05) is 18.4 Å². The number of hydrogen-bond donors (Lipinski definition) is 2. The van der Waals surface area contributed by atoms with Crippen molar-refractivity contribution in [3.05, 3.63) is 21.9 Å². The van der Waals surface area contributed by atoms with Crippen LogP contribution in [0.4, 0.5) is 0 Å². The van der Waals surface area contributed by atoms with Crippen LogP contribution >= 0.6 is 35.3 Å². The summed E-state index contributed by atoms with van der Waals surface area (Å²) < 4.78 is 5.27. The van der Waals surface area contributed by atoms with Crippen LogP contribution in [0.3, 0.4) is 0 Å². The number of aryl methyl sites for hydroxylation is 1. The second kappa shape index (κ2) is 10.6. The van der Waals surface area contributed by atoms with Crippen LogP contribution in [0.25, 0.3) is 0 Å². The van der Waals surface area contributed by atoms with Gasteiger partial charge >= 0.3 is 0 Å². The summed E-state index contributed by atoms with van der Waals surface area (Å²) in [5.41, 5.74) is 0.404. The Morgan fingerprint density at radius 1 is 1.42 bits per heavy atom. The molecule has 1 saturated carbocycles. The third-order valence-corrected chi connectivity index (χ3v) is 5.81. The van der Waals surface area contributed by atoms with Crippen molar-refractivity contribution in [2.45, 2.75) is 52.0 Å². The molecule has 1 unspecified atom stereocenters. The summed E-state index contributed by atoms with van der Waals surface area (Å²) >= 11 is 1.88. The maximum atomic E-state index is 5.27. The Hall–Kier alpha value is -0.340. The summed E-state index contributed by atoms with van der Waals surface area (Å²) in [7, 11) is 3.63. The first-order chi connectivity index (χ1) is 11.1. The lowest BCUT2D eigenvalue weighted by Crippen LogP contribution is -2.49. The maximum absolute atomic E-state index is 5.27. The van der Waals surface area contributed by atoms with Crippen LogP contribution in [-0.4, -0.2) is 39.3 Å². The quantitative estimate of drug-likeness (QED) is 0.347. The monoisotopic (exact) mass is 465 g/mol. The highest BCUT2D eigenvalue weighted by molar-refractivity contribution is 14.0. The Morgan fingerprint density at radius 2 is 2.17 bits per heavy atom. The molecule has 1 aromatic rings. The van der Waals surface area contributed by atoms with Crippen molar-refractivity contribution < 1.29 is 4.74 Å². The van der Waals surface area contributed by atoms with Crippen molar-refractivity contribution in [3.8, 4) is 0 Å². The van der Waals surface area contributed by atoms with E-state index in [1.54, 1.807) is 7.11 Å². The molecule has 0 spiro atoms. The number of hydrogen-bond acceptors (Lipinski definition) is 3. The predicted molar refractivity (Wildman–Crippen MR) is 115 cm³/mol. The third kappa shape index (κ3) is 6.52. The summed E-state index contributed by atoms with van der Waals surface area (Å²) in [6, 6.07) is 4.79. The Labute approximate surface area is 167 Å². The van der Waals surface area contributed by atoms with Gasteiger partial charge in [0.25, 0.3) is 0 Å². The number of nitrogens with zero attached hydrogens (tertiary/aromatic N) is 1. The molecule has 1 fully saturated rings. The number of halogens is 1. The normalized spacial score (nSPS) is 17.6. The first-order valence-corrected chi connectivity index (χ1v) is 9.40. The number of ether oxygens (including phenoxy) is 1. The lowest BCUT2D eigenvalue weighted by molar-refractivity contribution is 0.0732. The number of aliphatic imine (C=N–C) groups is 1. The highest BCUT2D eigenvalue weighted by Gasteiger charge is 2.36. The van der Waals surface area contributed by atoms with Gasteiger partial charge in [-0.15, -0.1) is 35.3 Å². The van der Waals surface area contributed by atoms with Gasteiger partial charge in [0.1, 0.15) is 0 Å². The number of thiophene rings is 1. The van der Waals surface area contributed by atoms with E-state index < -0.39 is 0 Å². The summed E-state index contributed by atoms with van der Waals surface area (Å²) in [5, 5.41) is 7.05. The molecule has 1 atom stereocenters. The van der Waals surface area contributed by atoms with Gasteiger partial charge in [-0.2, -0.15) is 0 Å². The number of rotatable bonds is 8. The molecular weight excluding hydrogens is 433 g/mol. The zero-order valence-electron chi connectivity index (χ0n) is 15.4. The van der Waals surface area contributed by atoms with Crippen molar-refractivity contribution in [3.63, 3.8) is 0 Å². The van der Waals surface area contributed by atoms with Crippen LogP contribution < -0.4 is 10.6 Å². The molecule has 0 aliphatic heterocycles. The SMILES string of the molecule is CN=C(NCC1(CCOC)CCC1)NC(C)Cc1ccc(C)s1.I. The molecule has 0 saturated heterocycles. The topological polar surface area (TPSA) is 45.7 Å². The number of methoxy groups -OCH3 is 1. The average molecular weight is 465 g/mol. The highest BCUT2D eigenvalue weighted by Crippen LogP contribution is 2.43. The molecule has 1 aliphatic rings. The van der Waals surface area contributed by atoms with Crippen LogP contribution in [0.5, 0.6) is 0 Å². The van der Waals surface area contributed by atoms with E-state index >= 15 is 0 Å². The van der Waals surface area contributed by atoms with Crippen LogP contribution in [0.1, 0.15) is 42.4 Å². The molecule has 0 amide bonds. The fourth-order valence-electron chi connectivity index (χ4n) is 3.16. The number of nitrogens with one attached hydrogen (secondary N) is 2. The lowest BCUT2D eigenvalue weighted by Gasteiger charge is -2.42. The van der Waals surface area contributed by atoms with Crippen molar-refractivity contribution in [2.75, 3.05) is 27.3 Å². The fraction of sp³-hybridized carbons (Fsp3) is 0.722. The Balaban J connectivity index is 0.00000288. The molecule has 24 heavy (non-hydrogen) atoms. The van der Waals surface area contributed by atoms with E-state index in [4.69, 9.17) is 4.74 Å². The van der Waals surface area contributed by atoms with Gasteiger partial charge in [0.2, 0.25) is 0 Å². The minimum absolute atomic E-state index is 0. The summed E-state index contributed by atoms with van der Waals surface area (Å²) in [4.78, 5) is 7.18. The van der Waals surface area contributed by atoms with Crippen LogP contribution in [0.15, 0.2) is 17.1 Å². The molecule has 0 aromatic carbocycles. The first-order valence-electron chi connectivity index (χ1n) is 8.58. The molecule has 4 nitrogen and oxygen atoms in total. The largest absolute Gasteiger partial charge is 0.385 e. The van der Waals surface area contributed by atoms with Crippen molar-refractivity contribution in [1.29, 1.82) is 0 Å². The van der Waals surface area contributed by atoms with Gasteiger partial charge in [-0.3, -0.25) is 4.99 Å². The van der Waals surface area contributed by atoms with Crippen LogP contribution in [0, 0.1) is 12.3 Å². The minimum Gasteiger partial charge on any atom is -0.385 e. The number of guanidine groups is 1. The third-order valence-electron chi connectivity index (χ3n) is 4.79. The van der Waals surface area contributed by atoms with Crippen LogP contribution in [0.2, 0.25) is 0 Å². The Bertz CT molecular complexity index is 514. The molecule has 138 valence electrons. The zero-order chi connectivity index (χ0) is 16.7. The predicted octanol–water partition coefficient (Wildman–Crippen LogP) is 3.98. The molecule has 6 heteroatoms. The maximum Gasteiger partial charge on any atom is 0.191 e. The van der Waals surface area contributed by atoms with Gasteiger partial charge in [0.15, 0.2) is 5.96 Å². The van der Waals surface area contributed by atoms with E-state index in [0.29, 0.717) is 11.5 Å². The van der Waals surface area contributed by atoms with E-state index in [-0.39, 0.29) is 24.0 Å². The second-order valence-electron chi connectivity index (χ2n) is 6.78. The molecule has 1 aliphatic carbocycles. The van der Waals surface area contributed by atoms with Gasteiger partial charge in [0.05, 0.1) is 0 Å². The fourth-order valence-corrected chi connectivity index (χ4v) is 4.18. The van der Waals surface area contributed by atoms with E-state index in [1.165, 1.54) is 29.0 Å². The van der Waals surface area contributed by atoms with E-state index in [9.17, 15) is 0 Å². The average Bonchev–Trinajstić information content (AvgIpc) is 2.89. The first kappa shape index (κ1) is 21.7. The van der Waals surface area contributed by atoms with Crippen molar-refractivity contribution in [1.82, 2.24) is 10.6 Å². The van der Waals surface area contributed by atoms with Crippen molar-refractivity contribution in [2.24, 2.45) is 10.4 Å². The molecule has 0 bridgehead atoms. The van der Waals surface area contributed by atoms with E-state index in [0.717, 1.165) is 32.0 Å². The summed E-state index contributed by atoms with van der Waals surface area (Å²) in [6.45, 7) is 6.21. The van der Waals surface area contributed by atoms with Gasteiger partial charge in [0, 0.05) is 49.5 Å². The minimum atomic E-state index is 0. The van der Waals surface area contributed by atoms with Crippen LogP contribution in [-0.2, 0) is 11.2 Å². The molecular formula is C18H32IN3OS. The van der Waals surface area contributed by atoms with Gasteiger partial charge in [-0.25, -0.2) is 0 Å². The Kier molecular flexibility index (Phi) is 9.59. The smallest absolute Gasteiger partial charge is 0.191 e. The van der Waals surface area contributed by atoms with Gasteiger partial charge < -0.3 is 15.4 Å². The van der Waals surface area contributed by atoms with E-state index in [2.05, 4.69) is 41.6 Å². The molecule has 0 radical (unpaired) electrons. The standard InChI is InChI=1S/C18H31N3OS.HI/c1-14(12-16-7-6-15(2)23-16)21-17(19-3)20-13-18(8-5-9-18)10-11-22-4;/h6-7,14H,5,8-13H2,1-4H3,(H2,19,20,21);1H. The summed E-state index contributed by atoms with van der Waals surface area (Å²) in [6.07, 6.45) is 6.10. The highest BCUT2D eigenvalue weighted by atomic mass is 127. The Morgan fingerprint density at radius 3 is 2.67 bits per heavy atom. The lowest BCUT2D eigenvalue weighted by atomic mass is 9.67. The molecule has 2 N–H and O–H groups in total. The van der Waals surface area contributed by atoms with Crippen molar-refractivity contribution >= 4 is 41.3 Å². The molecule has 1 heterocycles. The zero-order valence-corrected chi connectivity index (χ0v) is 18.5. The molecule has 1 aromatic heterocycles. The second-order valence-corrected chi connectivity index (χ2v) is 8.16.